The molecule has 4 heterocycles. The zero-order valence-corrected chi connectivity index (χ0v) is 22.2. The summed E-state index contributed by atoms with van der Waals surface area (Å²) in [5, 5.41) is 13.0. The first-order valence-electron chi connectivity index (χ1n) is 14.2. The Hall–Kier alpha value is -2.97. The van der Waals surface area contributed by atoms with E-state index in [-0.39, 0.29) is 24.3 Å². The van der Waals surface area contributed by atoms with Gasteiger partial charge in [0.2, 0.25) is 5.91 Å². The molecule has 0 saturated carbocycles. The SMILES string of the molecule is O=C(O)C[C@@H](CO[C@@H]1CCCN(CCCc2ccc3c(n2)NCCC3)C1)c1cccc(N2CCCC2=O)c1. The van der Waals surface area contributed by atoms with Crippen molar-refractivity contribution in [3.8, 4) is 0 Å². The molecule has 3 aliphatic rings. The summed E-state index contributed by atoms with van der Waals surface area (Å²) in [4.78, 5) is 33.0. The van der Waals surface area contributed by atoms with Gasteiger partial charge in [0.1, 0.15) is 5.82 Å². The zero-order valence-electron chi connectivity index (χ0n) is 22.2. The molecule has 1 amide bonds. The summed E-state index contributed by atoms with van der Waals surface area (Å²) in [6.45, 7) is 5.06. The van der Waals surface area contributed by atoms with Gasteiger partial charge < -0.3 is 25.0 Å². The van der Waals surface area contributed by atoms with Crippen LogP contribution < -0.4 is 10.2 Å². The van der Waals surface area contributed by atoms with Crippen molar-refractivity contribution in [3.63, 3.8) is 0 Å². The minimum absolute atomic E-state index is 0.0104. The first-order valence-corrected chi connectivity index (χ1v) is 14.2. The molecule has 2 saturated heterocycles. The Morgan fingerprint density at radius 1 is 1.16 bits per heavy atom. The number of aromatic nitrogens is 1. The van der Waals surface area contributed by atoms with E-state index in [1.54, 1.807) is 4.90 Å². The van der Waals surface area contributed by atoms with Crippen molar-refractivity contribution in [3.05, 3.63) is 53.2 Å². The number of anilines is 2. The van der Waals surface area contributed by atoms with Gasteiger partial charge in [-0.25, -0.2) is 4.98 Å². The molecule has 1 aromatic carbocycles. The van der Waals surface area contributed by atoms with Gasteiger partial charge >= 0.3 is 5.97 Å². The average molecular weight is 521 g/mol. The Kier molecular flexibility index (Phi) is 8.91. The number of rotatable bonds is 11. The molecular formula is C30H40N4O4. The molecule has 0 radical (unpaired) electrons. The highest BCUT2D eigenvalue weighted by Crippen LogP contribution is 2.28. The van der Waals surface area contributed by atoms with Crippen molar-refractivity contribution in [1.29, 1.82) is 0 Å². The Morgan fingerprint density at radius 3 is 2.92 bits per heavy atom. The number of benzene rings is 1. The number of fused-ring (bicyclic) bond motifs is 1. The van der Waals surface area contributed by atoms with E-state index in [4.69, 9.17) is 9.72 Å². The van der Waals surface area contributed by atoms with Crippen LogP contribution in [0.4, 0.5) is 11.5 Å². The van der Waals surface area contributed by atoms with Crippen LogP contribution in [0.2, 0.25) is 0 Å². The van der Waals surface area contributed by atoms with Crippen molar-refractivity contribution < 1.29 is 19.4 Å². The van der Waals surface area contributed by atoms with Crippen LogP contribution in [-0.2, 0) is 27.2 Å². The predicted octanol–water partition coefficient (Wildman–Crippen LogP) is 4.24. The third-order valence-electron chi connectivity index (χ3n) is 8.00. The number of carbonyl (C=O) groups excluding carboxylic acids is 1. The fraction of sp³-hybridized carbons (Fsp3) is 0.567. The number of pyridine rings is 1. The summed E-state index contributed by atoms with van der Waals surface area (Å²) >= 11 is 0. The van der Waals surface area contributed by atoms with Gasteiger partial charge in [-0.1, -0.05) is 18.2 Å². The second-order valence-corrected chi connectivity index (χ2v) is 10.9. The van der Waals surface area contributed by atoms with Gasteiger partial charge in [0.15, 0.2) is 0 Å². The summed E-state index contributed by atoms with van der Waals surface area (Å²) < 4.78 is 6.34. The molecule has 8 nitrogen and oxygen atoms in total. The molecular weight excluding hydrogens is 480 g/mol. The van der Waals surface area contributed by atoms with E-state index in [1.807, 2.05) is 24.3 Å². The summed E-state index contributed by atoms with van der Waals surface area (Å²) in [6.07, 6.45) is 7.95. The van der Waals surface area contributed by atoms with Crippen molar-refractivity contribution in [2.45, 2.75) is 69.8 Å². The van der Waals surface area contributed by atoms with E-state index in [9.17, 15) is 14.7 Å². The first-order chi connectivity index (χ1) is 18.5. The largest absolute Gasteiger partial charge is 0.481 e. The Morgan fingerprint density at radius 2 is 2.08 bits per heavy atom. The van der Waals surface area contributed by atoms with Crippen molar-refractivity contribution in [2.75, 3.05) is 49.5 Å². The molecule has 0 unspecified atom stereocenters. The van der Waals surface area contributed by atoms with Crippen molar-refractivity contribution in [1.82, 2.24) is 9.88 Å². The summed E-state index contributed by atoms with van der Waals surface area (Å²) in [6, 6.07) is 12.2. The Balaban J connectivity index is 1.12. The van der Waals surface area contributed by atoms with Gasteiger partial charge in [-0.15, -0.1) is 0 Å². The quantitative estimate of drug-likeness (QED) is 0.458. The molecule has 38 heavy (non-hydrogen) atoms. The van der Waals surface area contributed by atoms with E-state index in [2.05, 4.69) is 22.3 Å². The van der Waals surface area contributed by atoms with E-state index >= 15 is 0 Å². The van der Waals surface area contributed by atoms with Crippen LogP contribution in [0.1, 0.15) is 67.7 Å². The van der Waals surface area contributed by atoms with Crippen LogP contribution >= 0.6 is 0 Å². The monoisotopic (exact) mass is 520 g/mol. The number of carboxylic acid groups (broad SMARTS) is 1. The number of amides is 1. The third-order valence-corrected chi connectivity index (χ3v) is 8.00. The standard InChI is InChI=1S/C30H40N4O4/c35-28-11-5-17-34(28)26-9-1-6-23(18-26)24(19-29(36)37)21-38-27-10-4-16-33(20-27)15-3-8-25-13-12-22-7-2-14-31-30(22)32-25/h1,6,9,12-13,18,24,27H,2-5,7-8,10-11,14-17,19-21H2,(H,31,32)(H,36,37)/t24-,27+/m0/s1. The van der Waals surface area contributed by atoms with Crippen molar-refractivity contribution >= 4 is 23.4 Å². The molecule has 3 aliphatic heterocycles. The van der Waals surface area contributed by atoms with Gasteiger partial charge in [-0.05, 0) is 87.4 Å². The van der Waals surface area contributed by atoms with Crippen LogP contribution in [0.15, 0.2) is 36.4 Å². The number of carbonyl (C=O) groups is 2. The maximum atomic E-state index is 12.2. The van der Waals surface area contributed by atoms with E-state index < -0.39 is 5.97 Å². The summed E-state index contributed by atoms with van der Waals surface area (Å²) in [7, 11) is 0. The number of aryl methyl sites for hydroxylation is 2. The second-order valence-electron chi connectivity index (χ2n) is 10.9. The summed E-state index contributed by atoms with van der Waals surface area (Å²) in [5.41, 5.74) is 4.25. The fourth-order valence-corrected chi connectivity index (χ4v) is 5.95. The normalized spacial score (nSPS) is 20.7. The van der Waals surface area contributed by atoms with Crippen LogP contribution in [0.5, 0.6) is 0 Å². The van der Waals surface area contributed by atoms with Crippen molar-refractivity contribution in [2.24, 2.45) is 0 Å². The van der Waals surface area contributed by atoms with Crippen LogP contribution in [0.3, 0.4) is 0 Å². The minimum atomic E-state index is -0.836. The van der Waals surface area contributed by atoms with Crippen LogP contribution in [0.25, 0.3) is 0 Å². The number of nitrogens with zero attached hydrogens (tertiary/aromatic N) is 3. The molecule has 2 aromatic rings. The van der Waals surface area contributed by atoms with Crippen LogP contribution in [0, 0.1) is 0 Å². The highest BCUT2D eigenvalue weighted by Gasteiger charge is 2.25. The van der Waals surface area contributed by atoms with E-state index in [0.29, 0.717) is 13.0 Å². The fourth-order valence-electron chi connectivity index (χ4n) is 5.95. The Bertz CT molecular complexity index is 1120. The lowest BCUT2D eigenvalue weighted by molar-refractivity contribution is -0.138. The molecule has 204 valence electrons. The van der Waals surface area contributed by atoms with Gasteiger partial charge in [-0.2, -0.15) is 0 Å². The maximum absolute atomic E-state index is 12.2. The number of aliphatic carboxylic acids is 1. The molecule has 1 aromatic heterocycles. The number of likely N-dealkylation sites (tertiary alicyclic amines) is 1. The number of carboxylic acids is 1. The first kappa shape index (κ1) is 26.6. The maximum Gasteiger partial charge on any atom is 0.304 e. The van der Waals surface area contributed by atoms with E-state index in [0.717, 1.165) is 94.0 Å². The molecule has 2 N–H and O–H groups in total. The van der Waals surface area contributed by atoms with Gasteiger partial charge in [0.25, 0.3) is 0 Å². The van der Waals surface area contributed by atoms with E-state index in [1.165, 1.54) is 12.0 Å². The van der Waals surface area contributed by atoms with Crippen LogP contribution in [-0.4, -0.2) is 72.3 Å². The molecule has 2 fully saturated rings. The minimum Gasteiger partial charge on any atom is -0.481 e. The average Bonchev–Trinajstić information content (AvgIpc) is 3.37. The number of nitrogens with one attached hydrogen (secondary N) is 1. The Labute approximate surface area is 225 Å². The molecule has 0 aliphatic carbocycles. The smallest absolute Gasteiger partial charge is 0.304 e. The zero-order chi connectivity index (χ0) is 26.3. The molecule has 0 spiro atoms. The molecule has 2 atom stereocenters. The number of piperidine rings is 1. The van der Waals surface area contributed by atoms with Gasteiger partial charge in [0, 0.05) is 43.4 Å². The topological polar surface area (TPSA) is 95.0 Å². The number of hydrogen-bond donors (Lipinski definition) is 2. The van der Waals surface area contributed by atoms with Gasteiger partial charge in [0.05, 0.1) is 19.1 Å². The van der Waals surface area contributed by atoms with Gasteiger partial charge in [-0.3, -0.25) is 9.59 Å². The highest BCUT2D eigenvalue weighted by atomic mass is 16.5. The lowest BCUT2D eigenvalue weighted by atomic mass is 9.95. The molecule has 8 heteroatoms. The predicted molar refractivity (Wildman–Crippen MR) is 148 cm³/mol. The molecule has 5 rings (SSSR count). The lowest BCUT2D eigenvalue weighted by Gasteiger charge is -2.33. The number of hydrogen-bond acceptors (Lipinski definition) is 6. The molecule has 0 bridgehead atoms. The second kappa shape index (κ2) is 12.7. The number of ether oxygens (including phenoxy) is 1. The lowest BCUT2D eigenvalue weighted by Crippen LogP contribution is -2.40. The highest BCUT2D eigenvalue weighted by molar-refractivity contribution is 5.95. The summed E-state index contributed by atoms with van der Waals surface area (Å²) in [5.74, 6) is 0.116. The third kappa shape index (κ3) is 6.91.